The quantitative estimate of drug-likeness (QED) is 0.828. The summed E-state index contributed by atoms with van der Waals surface area (Å²) in [7, 11) is 0. The molecule has 0 saturated carbocycles. The van der Waals surface area contributed by atoms with E-state index in [4.69, 9.17) is 10.5 Å². The highest BCUT2D eigenvalue weighted by Crippen LogP contribution is 2.29. The van der Waals surface area contributed by atoms with E-state index in [-0.39, 0.29) is 11.9 Å². The molecule has 0 spiro atoms. The fourth-order valence-electron chi connectivity index (χ4n) is 1.72. The lowest BCUT2D eigenvalue weighted by atomic mass is 10.2. The van der Waals surface area contributed by atoms with Gasteiger partial charge in [0.1, 0.15) is 5.01 Å². The minimum absolute atomic E-state index is 0.0948. The van der Waals surface area contributed by atoms with Crippen molar-refractivity contribution < 1.29 is 9.13 Å². The van der Waals surface area contributed by atoms with Crippen LogP contribution in [0.25, 0.3) is 0 Å². The van der Waals surface area contributed by atoms with Crippen LogP contribution in [0.5, 0.6) is 5.75 Å². The van der Waals surface area contributed by atoms with E-state index >= 15 is 0 Å². The highest BCUT2D eigenvalue weighted by atomic mass is 32.1. The normalized spacial score (nSPS) is 10.8. The molecule has 0 unspecified atom stereocenters. The van der Waals surface area contributed by atoms with Gasteiger partial charge in [0.25, 0.3) is 0 Å². The van der Waals surface area contributed by atoms with Crippen molar-refractivity contribution in [1.29, 1.82) is 0 Å². The van der Waals surface area contributed by atoms with Gasteiger partial charge in [0.2, 0.25) is 0 Å². The van der Waals surface area contributed by atoms with Gasteiger partial charge in [-0.1, -0.05) is 0 Å². The first-order chi connectivity index (χ1) is 9.45. The van der Waals surface area contributed by atoms with Crippen LogP contribution >= 0.6 is 11.3 Å². The number of anilines is 2. The summed E-state index contributed by atoms with van der Waals surface area (Å²) in [6.45, 7) is 6.19. The van der Waals surface area contributed by atoms with E-state index in [0.29, 0.717) is 17.9 Å². The lowest BCUT2D eigenvalue weighted by Crippen LogP contribution is -2.09. The van der Waals surface area contributed by atoms with E-state index in [9.17, 15) is 4.39 Å². The molecule has 0 atom stereocenters. The van der Waals surface area contributed by atoms with Crippen molar-refractivity contribution in [3.05, 3.63) is 34.0 Å². The fourth-order valence-corrected chi connectivity index (χ4v) is 2.43. The first-order valence-electron chi connectivity index (χ1n) is 6.36. The summed E-state index contributed by atoms with van der Waals surface area (Å²) >= 11 is 1.57. The van der Waals surface area contributed by atoms with Crippen molar-refractivity contribution in [2.24, 2.45) is 0 Å². The number of hydrogen-bond donors (Lipinski definition) is 2. The average molecular weight is 295 g/mol. The van der Waals surface area contributed by atoms with Crippen LogP contribution < -0.4 is 15.8 Å². The number of ether oxygens (including phenoxy) is 1. The molecule has 20 heavy (non-hydrogen) atoms. The van der Waals surface area contributed by atoms with Crippen LogP contribution in [0.2, 0.25) is 0 Å². The van der Waals surface area contributed by atoms with Crippen molar-refractivity contribution in [2.45, 2.75) is 33.4 Å². The molecular weight excluding hydrogens is 277 g/mol. The number of nitrogens with zero attached hydrogens (tertiary/aromatic N) is 1. The molecule has 1 aromatic heterocycles. The third kappa shape index (κ3) is 3.60. The molecule has 4 nitrogen and oxygen atoms in total. The predicted molar refractivity (Wildman–Crippen MR) is 80.8 cm³/mol. The Balaban J connectivity index is 2.14. The zero-order chi connectivity index (χ0) is 14.7. The largest absolute Gasteiger partial charge is 0.488 e. The zero-order valence-corrected chi connectivity index (χ0v) is 12.6. The molecule has 0 amide bonds. The lowest BCUT2D eigenvalue weighted by molar-refractivity contribution is 0.231. The number of rotatable bonds is 5. The Morgan fingerprint density at radius 3 is 2.80 bits per heavy atom. The first-order valence-corrected chi connectivity index (χ1v) is 7.24. The van der Waals surface area contributed by atoms with Crippen LogP contribution in [0.1, 0.15) is 24.5 Å². The van der Waals surface area contributed by atoms with Crippen LogP contribution in [0.15, 0.2) is 17.5 Å². The molecule has 0 bridgehead atoms. The molecule has 1 heterocycles. The Labute approximate surface area is 121 Å². The maximum absolute atomic E-state index is 13.7. The van der Waals surface area contributed by atoms with Gasteiger partial charge in [-0.3, -0.25) is 0 Å². The minimum atomic E-state index is -0.452. The maximum Gasteiger partial charge on any atom is 0.167 e. The number of halogens is 1. The summed E-state index contributed by atoms with van der Waals surface area (Å²) in [6, 6.07) is 2.86. The first kappa shape index (κ1) is 14.6. The number of hydrogen-bond acceptors (Lipinski definition) is 5. The Morgan fingerprint density at radius 2 is 2.20 bits per heavy atom. The third-order valence-electron chi connectivity index (χ3n) is 2.56. The number of thiazole rings is 1. The van der Waals surface area contributed by atoms with Gasteiger partial charge in [0.05, 0.1) is 24.0 Å². The second kappa shape index (κ2) is 6.09. The third-order valence-corrected chi connectivity index (χ3v) is 3.53. The highest BCUT2D eigenvalue weighted by molar-refractivity contribution is 7.09. The van der Waals surface area contributed by atoms with E-state index < -0.39 is 5.82 Å². The van der Waals surface area contributed by atoms with Crippen molar-refractivity contribution in [2.75, 3.05) is 11.1 Å². The van der Waals surface area contributed by atoms with E-state index in [0.717, 1.165) is 10.7 Å². The second-order valence-corrected chi connectivity index (χ2v) is 5.72. The standard InChI is InChI=1S/C14H18FN3OS/c1-8(2)19-13-5-12(11(16)4-10(13)15)17-6-14-18-9(3)7-20-14/h4-5,7-8,17H,6,16H2,1-3H3. The summed E-state index contributed by atoms with van der Waals surface area (Å²) in [5.41, 5.74) is 7.81. The molecule has 0 aliphatic heterocycles. The SMILES string of the molecule is Cc1csc(CNc2cc(OC(C)C)c(F)cc2N)n1. The molecule has 1 aromatic carbocycles. The minimum Gasteiger partial charge on any atom is -0.488 e. The number of aryl methyl sites for hydroxylation is 1. The number of aromatic nitrogens is 1. The van der Waals surface area contributed by atoms with Gasteiger partial charge in [0.15, 0.2) is 11.6 Å². The number of nitrogens with two attached hydrogens (primary N) is 1. The zero-order valence-electron chi connectivity index (χ0n) is 11.7. The van der Waals surface area contributed by atoms with Gasteiger partial charge in [-0.15, -0.1) is 11.3 Å². The molecule has 0 saturated heterocycles. The van der Waals surface area contributed by atoms with E-state index in [1.165, 1.54) is 6.07 Å². The fraction of sp³-hybridized carbons (Fsp3) is 0.357. The molecule has 0 aliphatic carbocycles. The van der Waals surface area contributed by atoms with Gasteiger partial charge >= 0.3 is 0 Å². The Kier molecular flexibility index (Phi) is 4.44. The van der Waals surface area contributed by atoms with Gasteiger partial charge in [-0.2, -0.15) is 0 Å². The summed E-state index contributed by atoms with van der Waals surface area (Å²) in [4.78, 5) is 4.35. The van der Waals surface area contributed by atoms with E-state index in [1.54, 1.807) is 17.4 Å². The predicted octanol–water partition coefficient (Wildman–Crippen LogP) is 3.57. The lowest BCUT2D eigenvalue weighted by Gasteiger charge is -2.14. The molecule has 6 heteroatoms. The number of benzene rings is 1. The Hall–Kier alpha value is -1.82. The molecule has 0 aliphatic rings. The maximum atomic E-state index is 13.7. The van der Waals surface area contributed by atoms with Crippen molar-refractivity contribution >= 4 is 22.7 Å². The second-order valence-electron chi connectivity index (χ2n) is 4.77. The Bertz CT molecular complexity index is 598. The average Bonchev–Trinajstić information content (AvgIpc) is 2.76. The van der Waals surface area contributed by atoms with E-state index in [2.05, 4.69) is 10.3 Å². The van der Waals surface area contributed by atoms with Crippen LogP contribution in [0, 0.1) is 12.7 Å². The molecule has 0 fully saturated rings. The van der Waals surface area contributed by atoms with Crippen LogP contribution in [0.4, 0.5) is 15.8 Å². The van der Waals surface area contributed by atoms with Gasteiger partial charge in [-0.05, 0) is 20.8 Å². The molecule has 0 radical (unpaired) electrons. The molecule has 2 aromatic rings. The molecule has 3 N–H and O–H groups in total. The number of nitrogen functional groups attached to an aromatic ring is 1. The smallest absolute Gasteiger partial charge is 0.167 e. The topological polar surface area (TPSA) is 60.2 Å². The van der Waals surface area contributed by atoms with Crippen LogP contribution in [-0.2, 0) is 6.54 Å². The van der Waals surface area contributed by atoms with Crippen molar-refractivity contribution in [3.8, 4) is 5.75 Å². The molecular formula is C14H18FN3OS. The summed E-state index contributed by atoms with van der Waals surface area (Å²) < 4.78 is 19.1. The van der Waals surface area contributed by atoms with E-state index in [1.807, 2.05) is 26.2 Å². The Morgan fingerprint density at radius 1 is 1.45 bits per heavy atom. The summed E-state index contributed by atoms with van der Waals surface area (Å²) in [6.07, 6.45) is -0.0948. The summed E-state index contributed by atoms with van der Waals surface area (Å²) in [5.74, 6) is -0.251. The highest BCUT2D eigenvalue weighted by Gasteiger charge is 2.11. The van der Waals surface area contributed by atoms with Crippen LogP contribution in [0.3, 0.4) is 0 Å². The molecule has 2 rings (SSSR count). The molecule has 108 valence electrons. The number of nitrogens with one attached hydrogen (secondary N) is 1. The van der Waals surface area contributed by atoms with Crippen molar-refractivity contribution in [1.82, 2.24) is 4.98 Å². The summed E-state index contributed by atoms with van der Waals surface area (Å²) in [5, 5.41) is 6.10. The van der Waals surface area contributed by atoms with Crippen LogP contribution in [-0.4, -0.2) is 11.1 Å². The van der Waals surface area contributed by atoms with Gasteiger partial charge in [0, 0.05) is 23.2 Å². The van der Waals surface area contributed by atoms with Gasteiger partial charge in [-0.25, -0.2) is 9.37 Å². The monoisotopic (exact) mass is 295 g/mol. The van der Waals surface area contributed by atoms with Gasteiger partial charge < -0.3 is 15.8 Å². The van der Waals surface area contributed by atoms with Crippen molar-refractivity contribution in [3.63, 3.8) is 0 Å².